The molecule has 94 valence electrons. The minimum Gasteiger partial charge on any atom is -0.475 e. The molecule has 6 nitrogen and oxygen atoms in total. The van der Waals surface area contributed by atoms with Gasteiger partial charge in [-0.2, -0.15) is 4.98 Å². The summed E-state index contributed by atoms with van der Waals surface area (Å²) in [4.78, 5) is 15.6. The van der Waals surface area contributed by atoms with Gasteiger partial charge in [0, 0.05) is 14.2 Å². The van der Waals surface area contributed by atoms with Crippen LogP contribution in [-0.2, 0) is 4.74 Å². The number of ether oxygens (including phenoxy) is 2. The third-order valence-corrected chi connectivity index (χ3v) is 2.16. The monoisotopic (exact) mass is 239 g/mol. The summed E-state index contributed by atoms with van der Waals surface area (Å²) in [7, 11) is 3.27. The third kappa shape index (κ3) is 3.32. The Labute approximate surface area is 100 Å². The van der Waals surface area contributed by atoms with Crippen molar-refractivity contribution in [2.45, 2.75) is 6.92 Å². The zero-order valence-electron chi connectivity index (χ0n) is 10.2. The number of aromatic nitrogens is 1. The summed E-state index contributed by atoms with van der Waals surface area (Å²) in [5.74, 6) is 0.620. The van der Waals surface area contributed by atoms with E-state index in [1.165, 1.54) is 6.92 Å². The van der Waals surface area contributed by atoms with Crippen LogP contribution in [0.4, 0.5) is 11.5 Å². The van der Waals surface area contributed by atoms with Gasteiger partial charge < -0.3 is 20.5 Å². The number of nitrogen functional groups attached to an aromatic ring is 1. The number of hydrogen-bond donors (Lipinski definition) is 2. The zero-order valence-corrected chi connectivity index (χ0v) is 10.2. The lowest BCUT2D eigenvalue weighted by Gasteiger charge is -2.12. The van der Waals surface area contributed by atoms with Crippen LogP contribution in [0.15, 0.2) is 6.07 Å². The highest BCUT2D eigenvalue weighted by Gasteiger charge is 2.14. The number of pyridine rings is 1. The lowest BCUT2D eigenvalue weighted by atomic mass is 10.2. The molecular formula is C11H17N3O3. The number of rotatable bonds is 6. The largest absolute Gasteiger partial charge is 0.475 e. The quantitative estimate of drug-likeness (QED) is 0.567. The molecule has 0 saturated heterocycles. The molecule has 0 aliphatic carbocycles. The Morgan fingerprint density at radius 2 is 2.24 bits per heavy atom. The van der Waals surface area contributed by atoms with Gasteiger partial charge in [-0.3, -0.25) is 4.79 Å². The van der Waals surface area contributed by atoms with Crippen molar-refractivity contribution in [3.63, 3.8) is 0 Å². The first-order valence-electron chi connectivity index (χ1n) is 5.21. The number of anilines is 2. The first kappa shape index (κ1) is 13.2. The van der Waals surface area contributed by atoms with Crippen LogP contribution in [0.25, 0.3) is 0 Å². The van der Waals surface area contributed by atoms with Crippen LogP contribution >= 0.6 is 0 Å². The van der Waals surface area contributed by atoms with E-state index in [9.17, 15) is 4.79 Å². The fourth-order valence-corrected chi connectivity index (χ4v) is 1.30. The van der Waals surface area contributed by atoms with Gasteiger partial charge >= 0.3 is 0 Å². The topological polar surface area (TPSA) is 86.5 Å². The SMILES string of the molecule is CNc1nc(OCCOC)c(C(C)=O)cc1N. The average Bonchev–Trinajstić information content (AvgIpc) is 2.30. The maximum Gasteiger partial charge on any atom is 0.226 e. The molecular weight excluding hydrogens is 222 g/mol. The summed E-state index contributed by atoms with van der Waals surface area (Å²) in [6.07, 6.45) is 0. The van der Waals surface area contributed by atoms with Gasteiger partial charge in [0.25, 0.3) is 0 Å². The van der Waals surface area contributed by atoms with Crippen molar-refractivity contribution in [2.75, 3.05) is 38.4 Å². The molecule has 6 heteroatoms. The first-order valence-corrected chi connectivity index (χ1v) is 5.21. The minimum absolute atomic E-state index is 0.140. The molecule has 0 atom stereocenters. The number of carbonyl (C=O) groups excluding carboxylic acids is 1. The molecule has 1 aromatic rings. The fraction of sp³-hybridized carbons (Fsp3) is 0.455. The number of nitrogens with one attached hydrogen (secondary N) is 1. The Morgan fingerprint density at radius 3 is 2.76 bits per heavy atom. The van der Waals surface area contributed by atoms with Crippen LogP contribution in [0.3, 0.4) is 0 Å². The van der Waals surface area contributed by atoms with E-state index in [4.69, 9.17) is 15.2 Å². The van der Waals surface area contributed by atoms with Crippen LogP contribution < -0.4 is 15.8 Å². The summed E-state index contributed by atoms with van der Waals surface area (Å²) >= 11 is 0. The molecule has 0 aliphatic heterocycles. The molecule has 0 aliphatic rings. The molecule has 17 heavy (non-hydrogen) atoms. The second kappa shape index (κ2) is 6.05. The molecule has 0 radical (unpaired) electrons. The molecule has 1 heterocycles. The van der Waals surface area contributed by atoms with Crippen LogP contribution in [0.2, 0.25) is 0 Å². The van der Waals surface area contributed by atoms with Crippen molar-refractivity contribution in [3.8, 4) is 5.88 Å². The Kier molecular flexibility index (Phi) is 4.71. The Morgan fingerprint density at radius 1 is 1.53 bits per heavy atom. The van der Waals surface area contributed by atoms with Gasteiger partial charge in [-0.15, -0.1) is 0 Å². The number of carbonyl (C=O) groups is 1. The van der Waals surface area contributed by atoms with Gasteiger partial charge in [0.05, 0.1) is 17.9 Å². The van der Waals surface area contributed by atoms with Crippen molar-refractivity contribution < 1.29 is 14.3 Å². The average molecular weight is 239 g/mol. The van der Waals surface area contributed by atoms with E-state index in [1.807, 2.05) is 0 Å². The Bertz CT molecular complexity index is 407. The minimum atomic E-state index is -0.140. The summed E-state index contributed by atoms with van der Waals surface area (Å²) in [6, 6.07) is 1.56. The van der Waals surface area contributed by atoms with Crippen molar-refractivity contribution in [1.29, 1.82) is 0 Å². The van der Waals surface area contributed by atoms with Gasteiger partial charge in [-0.05, 0) is 13.0 Å². The van der Waals surface area contributed by atoms with E-state index in [1.54, 1.807) is 20.2 Å². The maximum absolute atomic E-state index is 11.4. The molecule has 0 amide bonds. The first-order chi connectivity index (χ1) is 8.10. The molecule has 1 rings (SSSR count). The highest BCUT2D eigenvalue weighted by atomic mass is 16.5. The van der Waals surface area contributed by atoms with Crippen molar-refractivity contribution in [3.05, 3.63) is 11.6 Å². The van der Waals surface area contributed by atoms with Gasteiger partial charge in [-0.25, -0.2) is 0 Å². The molecule has 0 spiro atoms. The fourth-order valence-electron chi connectivity index (χ4n) is 1.30. The number of ketones is 1. The summed E-state index contributed by atoms with van der Waals surface area (Å²) in [5, 5.41) is 2.83. The normalized spacial score (nSPS) is 10.1. The lowest BCUT2D eigenvalue weighted by Crippen LogP contribution is -2.11. The number of hydrogen-bond acceptors (Lipinski definition) is 6. The van der Waals surface area contributed by atoms with E-state index in [-0.39, 0.29) is 11.7 Å². The molecule has 0 bridgehead atoms. The number of nitrogens with zero attached hydrogens (tertiary/aromatic N) is 1. The lowest BCUT2D eigenvalue weighted by molar-refractivity contribution is 0.100. The predicted octanol–water partition coefficient (Wildman–Crippen LogP) is 0.933. The number of Topliss-reactive ketones (excluding diaryl/α,β-unsaturated/α-hetero) is 1. The van der Waals surface area contributed by atoms with Crippen LogP contribution in [-0.4, -0.2) is 38.1 Å². The second-order valence-electron chi connectivity index (χ2n) is 3.43. The molecule has 0 unspecified atom stereocenters. The zero-order chi connectivity index (χ0) is 12.8. The van der Waals surface area contributed by atoms with E-state index in [2.05, 4.69) is 10.3 Å². The smallest absolute Gasteiger partial charge is 0.226 e. The van der Waals surface area contributed by atoms with Gasteiger partial charge in [-0.1, -0.05) is 0 Å². The highest BCUT2D eigenvalue weighted by molar-refractivity contribution is 5.97. The molecule has 0 aromatic carbocycles. The van der Waals surface area contributed by atoms with E-state index in [0.29, 0.717) is 30.3 Å². The molecule has 1 aromatic heterocycles. The summed E-state index contributed by atoms with van der Waals surface area (Å²) in [5.41, 5.74) is 6.52. The predicted molar refractivity (Wildman–Crippen MR) is 65.6 cm³/mol. The highest BCUT2D eigenvalue weighted by Crippen LogP contribution is 2.25. The Hall–Kier alpha value is -1.82. The van der Waals surface area contributed by atoms with Crippen LogP contribution in [0.5, 0.6) is 5.88 Å². The van der Waals surface area contributed by atoms with Crippen molar-refractivity contribution in [1.82, 2.24) is 4.98 Å². The molecule has 0 saturated carbocycles. The third-order valence-electron chi connectivity index (χ3n) is 2.16. The van der Waals surface area contributed by atoms with E-state index >= 15 is 0 Å². The standard InChI is InChI=1S/C11H17N3O3/c1-7(15)8-6-9(12)10(13-2)14-11(8)17-5-4-16-3/h6H,4-5,12H2,1-3H3,(H,13,14). The molecule has 3 N–H and O–H groups in total. The van der Waals surface area contributed by atoms with E-state index < -0.39 is 0 Å². The second-order valence-corrected chi connectivity index (χ2v) is 3.43. The van der Waals surface area contributed by atoms with E-state index in [0.717, 1.165) is 0 Å². The molecule has 0 fully saturated rings. The maximum atomic E-state index is 11.4. The van der Waals surface area contributed by atoms with Gasteiger partial charge in [0.1, 0.15) is 6.61 Å². The summed E-state index contributed by atoms with van der Waals surface area (Å²) < 4.78 is 10.3. The van der Waals surface area contributed by atoms with Crippen molar-refractivity contribution >= 4 is 17.3 Å². The summed E-state index contributed by atoms with van der Waals surface area (Å²) in [6.45, 7) is 2.20. The van der Waals surface area contributed by atoms with Gasteiger partial charge in [0.15, 0.2) is 11.6 Å². The van der Waals surface area contributed by atoms with Crippen molar-refractivity contribution in [2.24, 2.45) is 0 Å². The van der Waals surface area contributed by atoms with Gasteiger partial charge in [0.2, 0.25) is 5.88 Å². The van der Waals surface area contributed by atoms with Crippen LogP contribution in [0, 0.1) is 0 Å². The number of nitrogens with two attached hydrogens (primary N) is 1. The number of methoxy groups -OCH3 is 1. The Balaban J connectivity index is 3.01. The van der Waals surface area contributed by atoms with Crippen LogP contribution in [0.1, 0.15) is 17.3 Å².